The molecule has 0 unspecified atom stereocenters. The minimum atomic E-state index is 0.502. The van der Waals surface area contributed by atoms with Crippen LogP contribution in [0.4, 0.5) is 0 Å². The van der Waals surface area contributed by atoms with Crippen molar-refractivity contribution in [2.45, 2.75) is 25.7 Å². The van der Waals surface area contributed by atoms with Gasteiger partial charge in [-0.15, -0.1) is 0 Å². The molecule has 1 aromatic heterocycles. The first-order valence-electron chi connectivity index (χ1n) is 4.39. The topological polar surface area (TPSA) is 36.7 Å². The molecule has 0 spiro atoms. The third kappa shape index (κ3) is 1.40. The fraction of sp³-hybridized carbons (Fsp3) is 0.400. The first kappa shape index (κ1) is 8.52. The van der Waals surface area contributed by atoms with Crippen molar-refractivity contribution in [2.24, 2.45) is 0 Å². The molecule has 66 valence electrons. The van der Waals surface area contributed by atoms with Crippen LogP contribution in [-0.2, 0) is 12.8 Å². The summed E-state index contributed by atoms with van der Waals surface area (Å²) in [5.41, 5.74) is 2.67. The van der Waals surface area contributed by atoms with Crippen LogP contribution in [0.2, 0.25) is 5.02 Å². The van der Waals surface area contributed by atoms with Crippen LogP contribution in [0, 0.1) is 11.3 Å². The van der Waals surface area contributed by atoms with Gasteiger partial charge in [-0.3, -0.25) is 4.98 Å². The normalized spacial score (nSPS) is 14.8. The maximum Gasteiger partial charge on any atom is 0.102 e. The number of fused-ring (bicyclic) bond motifs is 1. The van der Waals surface area contributed by atoms with Crippen LogP contribution in [0.1, 0.15) is 29.7 Å². The Labute approximate surface area is 82.2 Å². The van der Waals surface area contributed by atoms with Crippen LogP contribution in [0.3, 0.4) is 0 Å². The fourth-order valence-electron chi connectivity index (χ4n) is 1.71. The average Bonchev–Trinajstić information content (AvgIpc) is 2.19. The van der Waals surface area contributed by atoms with Crippen molar-refractivity contribution in [2.75, 3.05) is 0 Å². The van der Waals surface area contributed by atoms with Crippen molar-refractivity contribution in [3.63, 3.8) is 0 Å². The Morgan fingerprint density at radius 2 is 2.15 bits per heavy atom. The summed E-state index contributed by atoms with van der Waals surface area (Å²) < 4.78 is 0. The smallest absolute Gasteiger partial charge is 0.102 e. The molecule has 1 aliphatic rings. The molecule has 0 bridgehead atoms. The Morgan fingerprint density at radius 1 is 1.38 bits per heavy atom. The highest BCUT2D eigenvalue weighted by molar-refractivity contribution is 6.32. The summed E-state index contributed by atoms with van der Waals surface area (Å²) in [6, 6.07) is 2.05. The van der Waals surface area contributed by atoms with E-state index in [9.17, 15) is 0 Å². The maximum absolute atomic E-state index is 8.75. The van der Waals surface area contributed by atoms with Gasteiger partial charge in [-0.1, -0.05) is 11.6 Å². The summed E-state index contributed by atoms with van der Waals surface area (Å²) in [6.07, 6.45) is 5.88. The van der Waals surface area contributed by atoms with Crippen LogP contribution in [-0.4, -0.2) is 4.98 Å². The maximum atomic E-state index is 8.75. The molecule has 1 aliphatic carbocycles. The highest BCUT2D eigenvalue weighted by Gasteiger charge is 2.15. The SMILES string of the molecule is N#Cc1cnc2c(c1Cl)CCCC2. The molecule has 2 nitrogen and oxygen atoms in total. The van der Waals surface area contributed by atoms with Gasteiger partial charge in [0.1, 0.15) is 6.07 Å². The summed E-state index contributed by atoms with van der Waals surface area (Å²) in [7, 11) is 0. The third-order valence-corrected chi connectivity index (χ3v) is 2.84. The van der Waals surface area contributed by atoms with Crippen molar-refractivity contribution in [1.82, 2.24) is 4.98 Å². The van der Waals surface area contributed by atoms with E-state index in [2.05, 4.69) is 11.1 Å². The van der Waals surface area contributed by atoms with E-state index in [1.807, 2.05) is 0 Å². The van der Waals surface area contributed by atoms with Crippen molar-refractivity contribution < 1.29 is 0 Å². The highest BCUT2D eigenvalue weighted by atomic mass is 35.5. The monoisotopic (exact) mass is 192 g/mol. The van der Waals surface area contributed by atoms with Gasteiger partial charge in [0.05, 0.1) is 10.6 Å². The molecule has 1 aromatic rings. The van der Waals surface area contributed by atoms with Gasteiger partial charge in [-0.05, 0) is 31.2 Å². The van der Waals surface area contributed by atoms with Crippen molar-refractivity contribution in [1.29, 1.82) is 5.26 Å². The molecule has 3 heteroatoms. The molecular weight excluding hydrogens is 184 g/mol. The molecule has 0 aliphatic heterocycles. The molecule has 0 aromatic carbocycles. The molecule has 0 fully saturated rings. The zero-order valence-corrected chi connectivity index (χ0v) is 7.93. The quantitative estimate of drug-likeness (QED) is 0.633. The molecular formula is C10H9ClN2. The largest absolute Gasteiger partial charge is 0.260 e. The zero-order valence-electron chi connectivity index (χ0n) is 7.18. The van der Waals surface area contributed by atoms with Crippen molar-refractivity contribution in [3.05, 3.63) is 28.0 Å². The number of hydrogen-bond donors (Lipinski definition) is 0. The number of pyridine rings is 1. The van der Waals surface area contributed by atoms with Gasteiger partial charge in [-0.2, -0.15) is 5.26 Å². The van der Waals surface area contributed by atoms with Gasteiger partial charge in [0.15, 0.2) is 0 Å². The standard InChI is InChI=1S/C10H9ClN2/c11-10-7(5-12)6-13-9-4-2-1-3-8(9)10/h6H,1-4H2. The van der Waals surface area contributed by atoms with Gasteiger partial charge in [-0.25, -0.2) is 0 Å². The summed E-state index contributed by atoms with van der Waals surface area (Å²) in [4.78, 5) is 4.24. The lowest BCUT2D eigenvalue weighted by atomic mass is 9.95. The second-order valence-corrected chi connectivity index (χ2v) is 3.61. The number of aryl methyl sites for hydroxylation is 1. The Kier molecular flexibility index (Phi) is 2.20. The first-order chi connectivity index (χ1) is 6.33. The van der Waals surface area contributed by atoms with Crippen LogP contribution < -0.4 is 0 Å². The predicted octanol–water partition coefficient (Wildman–Crippen LogP) is 2.49. The molecule has 0 radical (unpaired) electrons. The number of halogens is 1. The molecule has 0 saturated carbocycles. The summed E-state index contributed by atoms with van der Waals surface area (Å²) in [6.45, 7) is 0. The summed E-state index contributed by atoms with van der Waals surface area (Å²) in [5.74, 6) is 0. The van der Waals surface area contributed by atoms with Gasteiger partial charge >= 0.3 is 0 Å². The number of hydrogen-bond acceptors (Lipinski definition) is 2. The Balaban J connectivity index is 2.56. The van der Waals surface area contributed by atoms with E-state index in [-0.39, 0.29) is 0 Å². The fourth-order valence-corrected chi connectivity index (χ4v) is 2.00. The van der Waals surface area contributed by atoms with E-state index in [0.29, 0.717) is 10.6 Å². The molecule has 1 heterocycles. The lowest BCUT2D eigenvalue weighted by Crippen LogP contribution is -2.06. The number of nitrogens with zero attached hydrogens (tertiary/aromatic N) is 2. The first-order valence-corrected chi connectivity index (χ1v) is 4.77. The van der Waals surface area contributed by atoms with E-state index >= 15 is 0 Å². The average molecular weight is 193 g/mol. The lowest BCUT2D eigenvalue weighted by Gasteiger charge is -2.15. The van der Waals surface area contributed by atoms with Gasteiger partial charge < -0.3 is 0 Å². The van der Waals surface area contributed by atoms with E-state index < -0.39 is 0 Å². The van der Waals surface area contributed by atoms with Gasteiger partial charge in [0, 0.05) is 11.9 Å². The molecule has 2 rings (SSSR count). The number of rotatable bonds is 0. The van der Waals surface area contributed by atoms with Crippen LogP contribution in [0.15, 0.2) is 6.20 Å². The molecule has 13 heavy (non-hydrogen) atoms. The van der Waals surface area contributed by atoms with E-state index in [1.54, 1.807) is 6.20 Å². The Hall–Kier alpha value is -1.07. The van der Waals surface area contributed by atoms with Gasteiger partial charge in [0.2, 0.25) is 0 Å². The van der Waals surface area contributed by atoms with Crippen LogP contribution >= 0.6 is 11.6 Å². The second-order valence-electron chi connectivity index (χ2n) is 3.23. The minimum Gasteiger partial charge on any atom is -0.260 e. The second kappa shape index (κ2) is 3.35. The van der Waals surface area contributed by atoms with Crippen LogP contribution in [0.5, 0.6) is 0 Å². The molecule has 0 saturated heterocycles. The van der Waals surface area contributed by atoms with Crippen molar-refractivity contribution >= 4 is 11.6 Å². The molecule has 0 atom stereocenters. The number of nitriles is 1. The third-order valence-electron chi connectivity index (χ3n) is 2.41. The molecule has 0 N–H and O–H groups in total. The number of aromatic nitrogens is 1. The van der Waals surface area contributed by atoms with E-state index in [0.717, 1.165) is 30.5 Å². The lowest BCUT2D eigenvalue weighted by molar-refractivity contribution is 0.667. The summed E-state index contributed by atoms with van der Waals surface area (Å²) >= 11 is 6.06. The Morgan fingerprint density at radius 3 is 2.92 bits per heavy atom. The van der Waals surface area contributed by atoms with E-state index in [4.69, 9.17) is 16.9 Å². The van der Waals surface area contributed by atoms with Gasteiger partial charge in [0.25, 0.3) is 0 Å². The zero-order chi connectivity index (χ0) is 9.26. The molecule has 0 amide bonds. The highest BCUT2D eigenvalue weighted by Crippen LogP contribution is 2.28. The predicted molar refractivity (Wildman–Crippen MR) is 50.6 cm³/mol. The minimum absolute atomic E-state index is 0.502. The van der Waals surface area contributed by atoms with Crippen molar-refractivity contribution in [3.8, 4) is 6.07 Å². The summed E-state index contributed by atoms with van der Waals surface area (Å²) in [5, 5.41) is 9.36. The Bertz CT molecular complexity index is 379. The van der Waals surface area contributed by atoms with Crippen LogP contribution in [0.25, 0.3) is 0 Å². The van der Waals surface area contributed by atoms with E-state index in [1.165, 1.54) is 6.42 Å².